The molecule has 2 N–H and O–H groups in total. The normalized spacial score (nSPS) is 19.1. The highest BCUT2D eigenvalue weighted by atomic mass is 16.5. The fourth-order valence-corrected chi connectivity index (χ4v) is 1.92. The van der Waals surface area contributed by atoms with Crippen LogP contribution in [-0.2, 0) is 9.53 Å². The summed E-state index contributed by atoms with van der Waals surface area (Å²) in [6.07, 6.45) is 1.06. The second kappa shape index (κ2) is 5.91. The molecule has 0 aliphatic carbocycles. The third-order valence-corrected chi connectivity index (χ3v) is 2.82. The summed E-state index contributed by atoms with van der Waals surface area (Å²) in [4.78, 5) is 28.4. The molecule has 0 saturated carbocycles. The van der Waals surface area contributed by atoms with E-state index in [1.165, 1.54) is 0 Å². The van der Waals surface area contributed by atoms with E-state index >= 15 is 0 Å². The molecular formula is C12H17N3O5. The van der Waals surface area contributed by atoms with Crippen molar-refractivity contribution in [3.05, 3.63) is 12.0 Å². The van der Waals surface area contributed by atoms with Crippen LogP contribution in [0.2, 0.25) is 0 Å². The van der Waals surface area contributed by atoms with Crippen molar-refractivity contribution in [3.8, 4) is 0 Å². The van der Waals surface area contributed by atoms with Gasteiger partial charge in [0.15, 0.2) is 5.69 Å². The van der Waals surface area contributed by atoms with Gasteiger partial charge in [-0.1, -0.05) is 0 Å². The maximum absolute atomic E-state index is 12.1. The average Bonchev–Trinajstić information content (AvgIpc) is 2.87. The lowest BCUT2D eigenvalue weighted by Crippen LogP contribution is -2.55. The highest BCUT2D eigenvalue weighted by Crippen LogP contribution is 2.19. The summed E-state index contributed by atoms with van der Waals surface area (Å²) in [6.45, 7) is 4.77. The first-order chi connectivity index (χ1) is 9.49. The average molecular weight is 283 g/mol. The number of amides is 1. The van der Waals surface area contributed by atoms with Crippen LogP contribution < -0.4 is 10.2 Å². The van der Waals surface area contributed by atoms with Gasteiger partial charge in [-0.05, 0) is 13.8 Å². The monoisotopic (exact) mass is 283 g/mol. The minimum Gasteiger partial charge on any atom is -0.476 e. The van der Waals surface area contributed by atoms with Crippen molar-refractivity contribution in [2.75, 3.05) is 24.7 Å². The van der Waals surface area contributed by atoms with Crippen LogP contribution in [0.5, 0.6) is 0 Å². The molecular weight excluding hydrogens is 266 g/mol. The first-order valence-corrected chi connectivity index (χ1v) is 6.32. The lowest BCUT2D eigenvalue weighted by molar-refractivity contribution is -0.125. The zero-order valence-corrected chi connectivity index (χ0v) is 11.3. The van der Waals surface area contributed by atoms with Gasteiger partial charge in [-0.25, -0.2) is 4.79 Å². The van der Waals surface area contributed by atoms with E-state index in [1.54, 1.807) is 4.90 Å². The predicted molar refractivity (Wildman–Crippen MR) is 68.7 cm³/mol. The topological polar surface area (TPSA) is 105 Å². The van der Waals surface area contributed by atoms with Crippen molar-refractivity contribution in [2.24, 2.45) is 0 Å². The van der Waals surface area contributed by atoms with Gasteiger partial charge in [0, 0.05) is 12.6 Å². The smallest absolute Gasteiger partial charge is 0.357 e. The number of aromatic nitrogens is 1. The number of nitrogens with zero attached hydrogens (tertiary/aromatic N) is 2. The van der Waals surface area contributed by atoms with E-state index in [-0.39, 0.29) is 30.3 Å². The molecule has 8 heteroatoms. The van der Waals surface area contributed by atoms with Gasteiger partial charge < -0.3 is 24.5 Å². The maximum Gasteiger partial charge on any atom is 0.357 e. The van der Waals surface area contributed by atoms with Crippen LogP contribution in [0.15, 0.2) is 10.7 Å². The summed E-state index contributed by atoms with van der Waals surface area (Å²) < 4.78 is 10.5. The molecule has 1 aromatic heterocycles. The molecule has 2 heterocycles. The van der Waals surface area contributed by atoms with Crippen molar-refractivity contribution in [1.82, 2.24) is 10.3 Å². The summed E-state index contributed by atoms with van der Waals surface area (Å²) in [5.41, 5.74) is -0.186. The number of anilines is 1. The molecule has 0 radical (unpaired) electrons. The van der Waals surface area contributed by atoms with Gasteiger partial charge in [-0.2, -0.15) is 4.98 Å². The number of nitrogens with one attached hydrogen (secondary N) is 1. The van der Waals surface area contributed by atoms with Gasteiger partial charge in [-0.3, -0.25) is 4.79 Å². The number of carbonyl (C=O) groups is 2. The molecule has 8 nitrogen and oxygen atoms in total. The zero-order chi connectivity index (χ0) is 14.7. The molecule has 1 saturated heterocycles. The number of ether oxygens (including phenoxy) is 1. The van der Waals surface area contributed by atoms with E-state index in [2.05, 4.69) is 10.3 Å². The standard InChI is InChI=1S/C12H17N3O5/c1-7(2)13-10(16)9-6-19-4-3-15(9)12-14-8(5-20-12)11(17)18/h5,7,9H,3-4,6H2,1-2H3,(H,13,16)(H,17,18). The van der Waals surface area contributed by atoms with E-state index < -0.39 is 12.0 Å². The Kier molecular flexibility index (Phi) is 4.23. The molecule has 1 unspecified atom stereocenters. The van der Waals surface area contributed by atoms with Crippen LogP contribution in [0.1, 0.15) is 24.3 Å². The van der Waals surface area contributed by atoms with Crippen LogP contribution >= 0.6 is 0 Å². The Hall–Kier alpha value is -2.09. The lowest BCUT2D eigenvalue weighted by atomic mass is 10.2. The molecule has 20 heavy (non-hydrogen) atoms. The Morgan fingerprint density at radius 1 is 1.55 bits per heavy atom. The quantitative estimate of drug-likeness (QED) is 0.807. The molecule has 1 aliphatic heterocycles. The Balaban J connectivity index is 2.17. The van der Waals surface area contributed by atoms with Crippen molar-refractivity contribution in [3.63, 3.8) is 0 Å². The fourth-order valence-electron chi connectivity index (χ4n) is 1.92. The van der Waals surface area contributed by atoms with Crippen LogP contribution in [0, 0.1) is 0 Å². The maximum atomic E-state index is 12.1. The first-order valence-electron chi connectivity index (χ1n) is 6.32. The number of hydrogen-bond donors (Lipinski definition) is 2. The van der Waals surface area contributed by atoms with Crippen molar-refractivity contribution in [2.45, 2.75) is 25.9 Å². The van der Waals surface area contributed by atoms with Crippen molar-refractivity contribution >= 4 is 17.9 Å². The van der Waals surface area contributed by atoms with Gasteiger partial charge in [0.1, 0.15) is 12.3 Å². The Bertz CT molecular complexity index is 499. The molecule has 110 valence electrons. The fraction of sp³-hybridized carbons (Fsp3) is 0.583. The molecule has 1 amide bonds. The predicted octanol–water partition coefficient (Wildman–Crippen LogP) is 0.103. The van der Waals surface area contributed by atoms with E-state index in [1.807, 2.05) is 13.8 Å². The van der Waals surface area contributed by atoms with Gasteiger partial charge >= 0.3 is 5.97 Å². The Morgan fingerprint density at radius 2 is 2.30 bits per heavy atom. The van der Waals surface area contributed by atoms with E-state index in [0.717, 1.165) is 6.26 Å². The minimum atomic E-state index is -1.17. The van der Waals surface area contributed by atoms with Crippen LogP contribution in [0.25, 0.3) is 0 Å². The van der Waals surface area contributed by atoms with Crippen LogP contribution in [0.4, 0.5) is 6.01 Å². The zero-order valence-electron chi connectivity index (χ0n) is 11.3. The summed E-state index contributed by atoms with van der Waals surface area (Å²) >= 11 is 0. The minimum absolute atomic E-state index is 0.00502. The summed E-state index contributed by atoms with van der Waals surface area (Å²) in [5.74, 6) is -1.37. The highest BCUT2D eigenvalue weighted by Gasteiger charge is 2.33. The van der Waals surface area contributed by atoms with Crippen LogP contribution in [-0.4, -0.2) is 53.8 Å². The highest BCUT2D eigenvalue weighted by molar-refractivity contribution is 5.87. The number of carboxylic acids is 1. The number of carboxylic acid groups (broad SMARTS) is 1. The molecule has 1 atom stereocenters. The van der Waals surface area contributed by atoms with E-state index in [4.69, 9.17) is 14.3 Å². The molecule has 1 fully saturated rings. The summed E-state index contributed by atoms with van der Waals surface area (Å²) in [7, 11) is 0. The largest absolute Gasteiger partial charge is 0.476 e. The SMILES string of the molecule is CC(C)NC(=O)C1COCCN1c1nc(C(=O)O)co1. The Morgan fingerprint density at radius 3 is 2.90 bits per heavy atom. The lowest BCUT2D eigenvalue weighted by Gasteiger charge is -2.33. The van der Waals surface area contributed by atoms with Gasteiger partial charge in [0.2, 0.25) is 5.91 Å². The summed E-state index contributed by atoms with van der Waals surface area (Å²) in [5, 5.41) is 11.6. The number of morpholine rings is 1. The molecule has 1 aliphatic rings. The molecule has 1 aromatic rings. The molecule has 0 aromatic carbocycles. The molecule has 0 bridgehead atoms. The summed E-state index contributed by atoms with van der Waals surface area (Å²) in [6, 6.07) is -0.452. The second-order valence-electron chi connectivity index (χ2n) is 4.77. The number of carbonyl (C=O) groups excluding carboxylic acids is 1. The molecule has 0 spiro atoms. The van der Waals surface area contributed by atoms with Crippen LogP contribution in [0.3, 0.4) is 0 Å². The van der Waals surface area contributed by atoms with Gasteiger partial charge in [0.25, 0.3) is 6.01 Å². The number of rotatable bonds is 4. The van der Waals surface area contributed by atoms with Gasteiger partial charge in [-0.15, -0.1) is 0 Å². The van der Waals surface area contributed by atoms with E-state index in [9.17, 15) is 9.59 Å². The number of oxazole rings is 1. The third kappa shape index (κ3) is 3.08. The molecule has 2 rings (SSSR count). The van der Waals surface area contributed by atoms with Crippen molar-refractivity contribution in [1.29, 1.82) is 0 Å². The Labute approximate surface area is 115 Å². The van der Waals surface area contributed by atoms with Crippen molar-refractivity contribution < 1.29 is 23.8 Å². The van der Waals surface area contributed by atoms with E-state index in [0.29, 0.717) is 13.2 Å². The van der Waals surface area contributed by atoms with Gasteiger partial charge in [0.05, 0.1) is 13.2 Å². The first kappa shape index (κ1) is 14.3. The second-order valence-corrected chi connectivity index (χ2v) is 4.77. The number of aromatic carboxylic acids is 1. The number of hydrogen-bond acceptors (Lipinski definition) is 6. The third-order valence-electron chi connectivity index (χ3n) is 2.82.